The van der Waals surface area contributed by atoms with Crippen LogP contribution in [0.5, 0.6) is 0 Å². The van der Waals surface area contributed by atoms with E-state index in [-0.39, 0.29) is 18.3 Å². The van der Waals surface area contributed by atoms with E-state index in [9.17, 15) is 19.8 Å². The number of nitrogens with zero attached hydrogens (tertiary/aromatic N) is 3. The minimum Gasteiger partial charge on any atom is -0.462 e. The number of nitrogens with two attached hydrogens (primary N) is 2. The molecule has 6 atom stereocenters. The van der Waals surface area contributed by atoms with Gasteiger partial charge in [-0.25, -0.2) is 4.79 Å². The quantitative estimate of drug-likeness (QED) is 0.407. The molecule has 0 unspecified atom stereocenters. The maximum atomic E-state index is 11.9. The van der Waals surface area contributed by atoms with Gasteiger partial charge in [0, 0.05) is 0 Å². The number of esters is 1. The van der Waals surface area contributed by atoms with Gasteiger partial charge in [-0.05, 0) is 5.92 Å². The van der Waals surface area contributed by atoms with Gasteiger partial charge >= 0.3 is 11.7 Å². The number of rotatable bonds is 6. The van der Waals surface area contributed by atoms with Crippen LogP contribution in [0, 0.1) is 5.92 Å². The Morgan fingerprint density at radius 3 is 2.76 bits per heavy atom. The molecule has 6 N–H and O–H groups in total. The van der Waals surface area contributed by atoms with Crippen molar-refractivity contribution in [1.82, 2.24) is 14.8 Å². The molecule has 2 heterocycles. The van der Waals surface area contributed by atoms with Crippen LogP contribution in [0.25, 0.3) is 0 Å². The average molecular weight is 357 g/mol. The van der Waals surface area contributed by atoms with Crippen LogP contribution >= 0.6 is 0 Å². The normalized spacial score (nSPS) is 28.5. The van der Waals surface area contributed by atoms with E-state index in [0.717, 1.165) is 10.9 Å². The number of ether oxygens (including phenoxy) is 2. The Morgan fingerprint density at radius 2 is 2.16 bits per heavy atom. The summed E-state index contributed by atoms with van der Waals surface area (Å²) in [4.78, 5) is 27.2. The topological polar surface area (TPSA) is 176 Å². The maximum Gasteiger partial charge on any atom is 0.368 e. The molecule has 1 fully saturated rings. The van der Waals surface area contributed by atoms with E-state index in [1.807, 2.05) is 13.8 Å². The van der Waals surface area contributed by atoms with Crippen molar-refractivity contribution >= 4 is 11.8 Å². The lowest BCUT2D eigenvalue weighted by atomic mass is 10.0. The summed E-state index contributed by atoms with van der Waals surface area (Å²) in [6.45, 7) is 3.39. The number of aliphatic hydroxyl groups excluding tert-OH is 2. The lowest BCUT2D eigenvalue weighted by Gasteiger charge is -2.19. The number of nitrogen functional groups attached to an aromatic ring is 1. The zero-order valence-electron chi connectivity index (χ0n) is 14.0. The molecule has 1 aromatic rings. The lowest BCUT2D eigenvalue weighted by molar-refractivity contribution is -0.153. The first-order valence-electron chi connectivity index (χ1n) is 7.91. The van der Waals surface area contributed by atoms with Crippen molar-refractivity contribution in [2.24, 2.45) is 11.7 Å². The molecule has 11 heteroatoms. The van der Waals surface area contributed by atoms with Crippen LogP contribution < -0.4 is 17.2 Å². The molecule has 0 saturated carbocycles. The predicted molar refractivity (Wildman–Crippen MR) is 85.0 cm³/mol. The second-order valence-corrected chi connectivity index (χ2v) is 6.00. The van der Waals surface area contributed by atoms with E-state index < -0.39 is 42.2 Å². The molecule has 1 aliphatic heterocycles. The third-order valence-electron chi connectivity index (χ3n) is 4.23. The van der Waals surface area contributed by atoms with Crippen LogP contribution in [-0.4, -0.2) is 61.9 Å². The molecule has 11 nitrogen and oxygen atoms in total. The monoisotopic (exact) mass is 357 g/mol. The zero-order valence-corrected chi connectivity index (χ0v) is 14.0. The first-order valence-corrected chi connectivity index (χ1v) is 7.91. The molecule has 0 bridgehead atoms. The maximum absolute atomic E-state index is 11.9. The molecular formula is C14H23N5O6. The smallest absolute Gasteiger partial charge is 0.368 e. The molecule has 25 heavy (non-hydrogen) atoms. The van der Waals surface area contributed by atoms with Gasteiger partial charge < -0.3 is 31.2 Å². The lowest BCUT2D eigenvalue weighted by Crippen LogP contribution is -2.41. The molecule has 140 valence electrons. The Morgan fingerprint density at radius 1 is 1.48 bits per heavy atom. The van der Waals surface area contributed by atoms with Crippen molar-refractivity contribution in [3.63, 3.8) is 0 Å². The molecular weight excluding hydrogens is 334 g/mol. The highest BCUT2D eigenvalue weighted by Gasteiger charge is 2.45. The van der Waals surface area contributed by atoms with E-state index in [4.69, 9.17) is 20.9 Å². The second-order valence-electron chi connectivity index (χ2n) is 6.00. The summed E-state index contributed by atoms with van der Waals surface area (Å²) in [5.41, 5.74) is 10.3. The predicted octanol–water partition coefficient (Wildman–Crippen LogP) is -2.24. The van der Waals surface area contributed by atoms with Crippen LogP contribution in [-0.2, 0) is 14.3 Å². The summed E-state index contributed by atoms with van der Waals surface area (Å²) >= 11 is 0. The van der Waals surface area contributed by atoms with Gasteiger partial charge in [0.1, 0.15) is 36.8 Å². The SMILES string of the molecule is CC[C@H](C)[C@H](N)C(=O)OC[C@H]1O[C@@H](n2ncc(N)nc2=O)[C@H](O)[C@@H]1O. The Hall–Kier alpha value is -2.08. The van der Waals surface area contributed by atoms with Crippen LogP contribution in [0.2, 0.25) is 0 Å². The fourth-order valence-electron chi connectivity index (χ4n) is 2.35. The van der Waals surface area contributed by atoms with Gasteiger partial charge in [0.15, 0.2) is 6.23 Å². The van der Waals surface area contributed by atoms with E-state index in [2.05, 4.69) is 10.1 Å². The number of aliphatic hydroxyl groups is 2. The fourth-order valence-corrected chi connectivity index (χ4v) is 2.35. The van der Waals surface area contributed by atoms with Crippen LogP contribution in [0.3, 0.4) is 0 Å². The summed E-state index contributed by atoms with van der Waals surface area (Å²) in [5, 5.41) is 23.9. The summed E-state index contributed by atoms with van der Waals surface area (Å²) in [6, 6.07) is -0.796. The summed E-state index contributed by atoms with van der Waals surface area (Å²) in [5.74, 6) is -0.782. The molecule has 0 aliphatic carbocycles. The minimum atomic E-state index is -1.46. The number of hydrogen-bond acceptors (Lipinski definition) is 10. The van der Waals surface area contributed by atoms with Crippen LogP contribution in [0.4, 0.5) is 5.82 Å². The summed E-state index contributed by atoms with van der Waals surface area (Å²) in [6.07, 6.45) is -3.34. The second kappa shape index (κ2) is 7.87. The third kappa shape index (κ3) is 4.12. The molecule has 0 aromatic carbocycles. The fraction of sp³-hybridized carbons (Fsp3) is 0.714. The molecule has 1 saturated heterocycles. The number of carbonyl (C=O) groups is 1. The average Bonchev–Trinajstić information content (AvgIpc) is 2.86. The van der Waals surface area contributed by atoms with Gasteiger partial charge in [0.25, 0.3) is 0 Å². The highest BCUT2D eigenvalue weighted by atomic mass is 16.6. The van der Waals surface area contributed by atoms with Gasteiger partial charge in [-0.1, -0.05) is 20.3 Å². The number of anilines is 1. The first kappa shape index (κ1) is 19.2. The Kier molecular flexibility index (Phi) is 6.06. The van der Waals surface area contributed by atoms with Crippen molar-refractivity contribution in [3.8, 4) is 0 Å². The van der Waals surface area contributed by atoms with E-state index >= 15 is 0 Å². The van der Waals surface area contributed by atoms with Crippen molar-refractivity contribution in [1.29, 1.82) is 0 Å². The van der Waals surface area contributed by atoms with Crippen molar-refractivity contribution < 1.29 is 24.5 Å². The van der Waals surface area contributed by atoms with Crippen molar-refractivity contribution in [2.75, 3.05) is 12.3 Å². The Labute approximate surface area is 143 Å². The van der Waals surface area contributed by atoms with Crippen molar-refractivity contribution in [2.45, 2.75) is 50.8 Å². The zero-order chi connectivity index (χ0) is 18.7. The summed E-state index contributed by atoms with van der Waals surface area (Å²) in [7, 11) is 0. The molecule has 1 aliphatic rings. The van der Waals surface area contributed by atoms with E-state index in [1.54, 1.807) is 0 Å². The van der Waals surface area contributed by atoms with Gasteiger partial charge in [0.2, 0.25) is 0 Å². The number of carbonyl (C=O) groups excluding carboxylic acids is 1. The van der Waals surface area contributed by atoms with Crippen LogP contribution in [0.1, 0.15) is 26.5 Å². The minimum absolute atomic E-state index is 0.0658. The van der Waals surface area contributed by atoms with Gasteiger partial charge in [-0.3, -0.25) is 4.79 Å². The highest BCUT2D eigenvalue weighted by molar-refractivity contribution is 5.75. The third-order valence-corrected chi connectivity index (χ3v) is 4.23. The molecule has 1 aromatic heterocycles. The summed E-state index contributed by atoms with van der Waals surface area (Å²) < 4.78 is 11.2. The largest absolute Gasteiger partial charge is 0.462 e. The van der Waals surface area contributed by atoms with Crippen molar-refractivity contribution in [3.05, 3.63) is 16.7 Å². The standard InChI is InChI=1S/C14H23N5O6/c1-3-6(2)9(16)13(22)24-5-7-10(20)11(21)12(25-7)19-14(23)18-8(15)4-17-19/h4,6-7,9-12,20-21H,3,5,16H2,1-2H3,(H2,15,18,23)/t6-,7+,9-,10+,11+,12+/m0/s1. The van der Waals surface area contributed by atoms with E-state index in [1.165, 1.54) is 0 Å². The number of hydrogen-bond donors (Lipinski definition) is 4. The number of aromatic nitrogens is 3. The highest BCUT2D eigenvalue weighted by Crippen LogP contribution is 2.28. The molecule has 0 radical (unpaired) electrons. The first-order chi connectivity index (χ1) is 11.8. The molecule has 2 rings (SSSR count). The van der Waals surface area contributed by atoms with Gasteiger partial charge in [-0.2, -0.15) is 14.8 Å². The van der Waals surface area contributed by atoms with Crippen LogP contribution in [0.15, 0.2) is 11.0 Å². The van der Waals surface area contributed by atoms with Gasteiger partial charge in [0.05, 0.1) is 6.20 Å². The Bertz CT molecular complexity index is 667. The van der Waals surface area contributed by atoms with Gasteiger partial charge in [-0.15, -0.1) is 0 Å². The van der Waals surface area contributed by atoms with E-state index in [0.29, 0.717) is 6.42 Å². The molecule has 0 amide bonds. The molecule has 0 spiro atoms. The Balaban J connectivity index is 2.02.